The van der Waals surface area contributed by atoms with Gasteiger partial charge in [0, 0.05) is 23.6 Å². The molecule has 0 fully saturated rings. The van der Waals surface area contributed by atoms with Crippen molar-refractivity contribution in [3.05, 3.63) is 62.9 Å². The molecule has 0 spiro atoms. The zero-order valence-corrected chi connectivity index (χ0v) is 13.5. The molecule has 0 aliphatic rings. The van der Waals surface area contributed by atoms with Crippen LogP contribution in [0.25, 0.3) is 22.0 Å². The number of aliphatic hydroxyl groups excluding tert-OH is 2. The monoisotopic (exact) mass is 356 g/mol. The van der Waals surface area contributed by atoms with E-state index in [1.165, 1.54) is 12.1 Å². The van der Waals surface area contributed by atoms with Gasteiger partial charge >= 0.3 is 0 Å². The predicted octanol–water partition coefficient (Wildman–Crippen LogP) is 1.26. The minimum atomic E-state index is -1.03. The molecular weight excluding hydrogens is 340 g/mol. The number of hydrogen-bond acceptors (Lipinski definition) is 7. The standard InChI is InChI=1S/C17H16N4O5/c22-9-11(23)8-18-14-6-5-10(7-15(14)21(25)26)16-12-3-1-2-4-13(12)17(24)20-19-16/h1-7,11,18,22-23H,8-9H2,(H,20,24). The highest BCUT2D eigenvalue weighted by Crippen LogP contribution is 2.32. The Hall–Kier alpha value is -3.30. The van der Waals surface area contributed by atoms with Gasteiger partial charge in [0.2, 0.25) is 0 Å². The van der Waals surface area contributed by atoms with E-state index in [1.807, 2.05) is 0 Å². The first kappa shape index (κ1) is 17.5. The average Bonchev–Trinajstić information content (AvgIpc) is 2.66. The summed E-state index contributed by atoms with van der Waals surface area (Å²) < 4.78 is 0. The molecule has 0 radical (unpaired) electrons. The summed E-state index contributed by atoms with van der Waals surface area (Å²) in [6.45, 7) is -0.483. The molecule has 1 unspecified atom stereocenters. The van der Waals surface area contributed by atoms with Crippen LogP contribution in [0.1, 0.15) is 0 Å². The smallest absolute Gasteiger partial charge is 0.292 e. The van der Waals surface area contributed by atoms with E-state index in [-0.39, 0.29) is 23.5 Å². The summed E-state index contributed by atoms with van der Waals surface area (Å²) in [6, 6.07) is 11.3. The molecule has 1 heterocycles. The molecule has 4 N–H and O–H groups in total. The highest BCUT2D eigenvalue weighted by Gasteiger charge is 2.18. The number of aromatic nitrogens is 2. The van der Waals surface area contributed by atoms with Crippen molar-refractivity contribution in [3.63, 3.8) is 0 Å². The van der Waals surface area contributed by atoms with Gasteiger partial charge in [0.25, 0.3) is 11.2 Å². The van der Waals surface area contributed by atoms with Gasteiger partial charge in [-0.25, -0.2) is 5.10 Å². The van der Waals surface area contributed by atoms with Crippen molar-refractivity contribution in [1.29, 1.82) is 0 Å². The number of nitrogens with zero attached hydrogens (tertiary/aromatic N) is 2. The molecule has 0 aliphatic heterocycles. The Kier molecular flexibility index (Phi) is 4.92. The number of fused-ring (bicyclic) bond motifs is 1. The first-order valence-electron chi connectivity index (χ1n) is 7.80. The molecular formula is C17H16N4O5. The Bertz CT molecular complexity index is 1020. The minimum Gasteiger partial charge on any atom is -0.394 e. The highest BCUT2D eigenvalue weighted by atomic mass is 16.6. The summed E-state index contributed by atoms with van der Waals surface area (Å²) in [7, 11) is 0. The van der Waals surface area contributed by atoms with E-state index in [0.717, 1.165) is 0 Å². The molecule has 0 saturated carbocycles. The van der Waals surface area contributed by atoms with Crippen LogP contribution in [0.5, 0.6) is 0 Å². The zero-order chi connectivity index (χ0) is 18.7. The van der Waals surface area contributed by atoms with Crippen molar-refractivity contribution < 1.29 is 15.1 Å². The first-order chi connectivity index (χ1) is 12.5. The third-order valence-corrected chi connectivity index (χ3v) is 3.90. The van der Waals surface area contributed by atoms with Gasteiger partial charge in [-0.3, -0.25) is 14.9 Å². The molecule has 9 heteroatoms. The van der Waals surface area contributed by atoms with Gasteiger partial charge in [0.05, 0.1) is 28.7 Å². The molecule has 3 rings (SSSR count). The molecule has 0 amide bonds. The Morgan fingerprint density at radius 1 is 1.23 bits per heavy atom. The SMILES string of the molecule is O=c1[nH]nc(-c2ccc(NCC(O)CO)c([N+](=O)[O-])c2)c2ccccc12. The number of hydrogen-bond donors (Lipinski definition) is 4. The van der Waals surface area contributed by atoms with E-state index in [9.17, 15) is 20.0 Å². The van der Waals surface area contributed by atoms with Gasteiger partial charge in [0.1, 0.15) is 5.69 Å². The number of aliphatic hydroxyl groups is 2. The largest absolute Gasteiger partial charge is 0.394 e. The molecule has 3 aromatic rings. The zero-order valence-electron chi connectivity index (χ0n) is 13.5. The van der Waals surface area contributed by atoms with Gasteiger partial charge < -0.3 is 15.5 Å². The van der Waals surface area contributed by atoms with Crippen molar-refractivity contribution >= 4 is 22.1 Å². The summed E-state index contributed by atoms with van der Waals surface area (Å²) in [6.07, 6.45) is -1.03. The van der Waals surface area contributed by atoms with Crippen LogP contribution in [0.4, 0.5) is 11.4 Å². The molecule has 0 saturated heterocycles. The number of anilines is 1. The third kappa shape index (κ3) is 3.39. The quantitative estimate of drug-likeness (QED) is 0.385. The number of nitro benzene ring substituents is 1. The van der Waals surface area contributed by atoms with Crippen LogP contribution in [0.15, 0.2) is 47.3 Å². The van der Waals surface area contributed by atoms with Gasteiger partial charge in [-0.05, 0) is 12.1 Å². The maximum Gasteiger partial charge on any atom is 0.292 e. The summed E-state index contributed by atoms with van der Waals surface area (Å²) in [5.41, 5.74) is 0.558. The van der Waals surface area contributed by atoms with Crippen LogP contribution >= 0.6 is 0 Å². The summed E-state index contributed by atoms with van der Waals surface area (Å²) in [5.74, 6) is 0. The van der Waals surface area contributed by atoms with Crippen molar-refractivity contribution in [2.75, 3.05) is 18.5 Å². The lowest BCUT2D eigenvalue weighted by Gasteiger charge is -2.11. The van der Waals surface area contributed by atoms with Crippen LogP contribution in [-0.4, -0.2) is 44.6 Å². The second kappa shape index (κ2) is 7.30. The number of rotatable bonds is 6. The molecule has 2 aromatic carbocycles. The first-order valence-corrected chi connectivity index (χ1v) is 7.80. The predicted molar refractivity (Wildman–Crippen MR) is 96.0 cm³/mol. The second-order valence-electron chi connectivity index (χ2n) is 5.65. The molecule has 1 aromatic heterocycles. The lowest BCUT2D eigenvalue weighted by molar-refractivity contribution is -0.383. The number of nitro groups is 1. The number of H-pyrrole nitrogens is 1. The fourth-order valence-corrected chi connectivity index (χ4v) is 2.61. The molecule has 9 nitrogen and oxygen atoms in total. The van der Waals surface area contributed by atoms with Crippen LogP contribution in [0.3, 0.4) is 0 Å². The Labute approximate surface area is 147 Å². The van der Waals surface area contributed by atoms with Gasteiger partial charge in [0.15, 0.2) is 0 Å². The lowest BCUT2D eigenvalue weighted by Crippen LogP contribution is -2.23. The Balaban J connectivity index is 2.07. The molecule has 0 bridgehead atoms. The van der Waals surface area contributed by atoms with Crippen molar-refractivity contribution in [2.45, 2.75) is 6.10 Å². The average molecular weight is 356 g/mol. The van der Waals surface area contributed by atoms with E-state index < -0.39 is 17.6 Å². The summed E-state index contributed by atoms with van der Waals surface area (Å²) in [5, 5.41) is 39.9. The van der Waals surface area contributed by atoms with Crippen LogP contribution in [0.2, 0.25) is 0 Å². The van der Waals surface area contributed by atoms with E-state index in [2.05, 4.69) is 15.5 Å². The topological polar surface area (TPSA) is 141 Å². The van der Waals surface area contributed by atoms with Crippen molar-refractivity contribution in [2.24, 2.45) is 0 Å². The van der Waals surface area contributed by atoms with Crippen LogP contribution in [0, 0.1) is 10.1 Å². The number of nitrogens with one attached hydrogen (secondary N) is 2. The van der Waals surface area contributed by atoms with Crippen LogP contribution in [-0.2, 0) is 0 Å². The van der Waals surface area contributed by atoms with E-state index >= 15 is 0 Å². The van der Waals surface area contributed by atoms with Gasteiger partial charge in [-0.2, -0.15) is 5.10 Å². The maximum atomic E-state index is 11.9. The second-order valence-corrected chi connectivity index (χ2v) is 5.65. The fourth-order valence-electron chi connectivity index (χ4n) is 2.61. The van der Waals surface area contributed by atoms with E-state index in [4.69, 9.17) is 5.11 Å². The summed E-state index contributed by atoms with van der Waals surface area (Å²) in [4.78, 5) is 22.8. The molecule has 0 aliphatic carbocycles. The highest BCUT2D eigenvalue weighted by molar-refractivity contribution is 5.94. The number of benzene rings is 2. The number of aromatic amines is 1. The Morgan fingerprint density at radius 3 is 2.65 bits per heavy atom. The van der Waals surface area contributed by atoms with Gasteiger partial charge in [-0.1, -0.05) is 24.3 Å². The van der Waals surface area contributed by atoms with Crippen molar-refractivity contribution in [3.8, 4) is 11.3 Å². The minimum absolute atomic E-state index is 0.0312. The normalized spacial score (nSPS) is 12.1. The fraction of sp³-hybridized carbons (Fsp3) is 0.176. The molecule has 1 atom stereocenters. The summed E-state index contributed by atoms with van der Waals surface area (Å²) >= 11 is 0. The van der Waals surface area contributed by atoms with E-state index in [1.54, 1.807) is 30.3 Å². The van der Waals surface area contributed by atoms with Crippen LogP contribution < -0.4 is 10.9 Å². The molecule has 26 heavy (non-hydrogen) atoms. The lowest BCUT2D eigenvalue weighted by atomic mass is 10.0. The van der Waals surface area contributed by atoms with Crippen molar-refractivity contribution in [1.82, 2.24) is 10.2 Å². The third-order valence-electron chi connectivity index (χ3n) is 3.90. The molecule has 134 valence electrons. The van der Waals surface area contributed by atoms with Gasteiger partial charge in [-0.15, -0.1) is 0 Å². The Morgan fingerprint density at radius 2 is 1.96 bits per heavy atom. The maximum absolute atomic E-state index is 11.9. The van der Waals surface area contributed by atoms with E-state index in [0.29, 0.717) is 22.0 Å².